The summed E-state index contributed by atoms with van der Waals surface area (Å²) >= 11 is 0. The van der Waals surface area contributed by atoms with E-state index < -0.39 is 0 Å². The predicted octanol–water partition coefficient (Wildman–Crippen LogP) is 2.28. The molecule has 4 rings (SSSR count). The summed E-state index contributed by atoms with van der Waals surface area (Å²) in [5.41, 5.74) is 6.85. The van der Waals surface area contributed by atoms with E-state index in [0.717, 1.165) is 38.5 Å². The fraction of sp³-hybridized carbons (Fsp3) is 0.640. The quantitative estimate of drug-likeness (QED) is 0.613. The van der Waals surface area contributed by atoms with Gasteiger partial charge in [0.05, 0.1) is 12.2 Å². The van der Waals surface area contributed by atoms with Crippen molar-refractivity contribution in [1.29, 1.82) is 0 Å². The van der Waals surface area contributed by atoms with Crippen LogP contribution in [0.4, 0.5) is 5.69 Å². The molecule has 3 aliphatic rings. The second kappa shape index (κ2) is 10.4. The lowest BCUT2D eigenvalue weighted by Crippen LogP contribution is -2.52. The number of hydrogen-bond acceptors (Lipinski definition) is 5. The Morgan fingerprint density at radius 1 is 0.939 bits per heavy atom. The molecule has 8 heteroatoms. The second-order valence-corrected chi connectivity index (χ2v) is 9.53. The predicted molar refractivity (Wildman–Crippen MR) is 126 cm³/mol. The number of rotatable bonds is 7. The molecule has 0 radical (unpaired) electrons. The Morgan fingerprint density at radius 3 is 2.00 bits per heavy atom. The summed E-state index contributed by atoms with van der Waals surface area (Å²) in [4.78, 5) is 41.7. The number of piperazine rings is 1. The van der Waals surface area contributed by atoms with Gasteiger partial charge in [0.25, 0.3) is 5.91 Å². The van der Waals surface area contributed by atoms with Crippen molar-refractivity contribution in [2.75, 3.05) is 45.1 Å². The minimum atomic E-state index is -0.189. The van der Waals surface area contributed by atoms with E-state index in [1.165, 1.54) is 0 Å². The summed E-state index contributed by atoms with van der Waals surface area (Å²) < 4.78 is 5.47. The molecule has 1 aliphatic heterocycles. The van der Waals surface area contributed by atoms with Crippen LogP contribution in [0.25, 0.3) is 0 Å². The monoisotopic (exact) mass is 456 g/mol. The maximum absolute atomic E-state index is 13.0. The van der Waals surface area contributed by atoms with Gasteiger partial charge in [-0.25, -0.2) is 0 Å². The average molecular weight is 457 g/mol. The molecule has 0 unspecified atom stereocenters. The molecule has 1 saturated heterocycles. The van der Waals surface area contributed by atoms with Crippen LogP contribution in [0.3, 0.4) is 0 Å². The minimum absolute atomic E-state index is 0.0566. The average Bonchev–Trinajstić information content (AvgIpc) is 3.69. The van der Waals surface area contributed by atoms with Gasteiger partial charge in [0.1, 0.15) is 5.75 Å². The minimum Gasteiger partial charge on any atom is -0.494 e. The zero-order chi connectivity index (χ0) is 23.4. The largest absolute Gasteiger partial charge is 0.494 e. The third kappa shape index (κ3) is 5.78. The van der Waals surface area contributed by atoms with E-state index in [1.54, 1.807) is 18.2 Å². The Balaban J connectivity index is 1.19. The van der Waals surface area contributed by atoms with Crippen LogP contribution in [-0.2, 0) is 9.59 Å². The van der Waals surface area contributed by atoms with Crippen molar-refractivity contribution in [3.8, 4) is 5.75 Å². The Hall–Kier alpha value is -2.77. The highest BCUT2D eigenvalue weighted by molar-refractivity contribution is 5.99. The van der Waals surface area contributed by atoms with Gasteiger partial charge in [-0.15, -0.1) is 0 Å². The van der Waals surface area contributed by atoms with E-state index in [-0.39, 0.29) is 29.6 Å². The summed E-state index contributed by atoms with van der Waals surface area (Å²) in [7, 11) is 0. The van der Waals surface area contributed by atoms with Gasteiger partial charge in [0.2, 0.25) is 11.8 Å². The van der Waals surface area contributed by atoms with Gasteiger partial charge in [-0.1, -0.05) is 0 Å². The molecule has 3 amide bonds. The van der Waals surface area contributed by atoms with Crippen molar-refractivity contribution >= 4 is 23.4 Å². The molecule has 8 nitrogen and oxygen atoms in total. The summed E-state index contributed by atoms with van der Waals surface area (Å²) in [6.45, 7) is 5.63. The smallest absolute Gasteiger partial charge is 0.253 e. The molecule has 0 aromatic heterocycles. The first-order chi connectivity index (χ1) is 16.0. The van der Waals surface area contributed by atoms with Crippen molar-refractivity contribution < 1.29 is 19.1 Å². The molecule has 1 aromatic carbocycles. The normalized spacial score (nSPS) is 23.2. The lowest BCUT2D eigenvalue weighted by molar-refractivity contribution is -0.143. The Bertz CT molecular complexity index is 869. The molecule has 0 atom stereocenters. The van der Waals surface area contributed by atoms with Crippen LogP contribution in [0, 0.1) is 17.8 Å². The number of carbonyl (C=O) groups is 3. The van der Waals surface area contributed by atoms with Crippen molar-refractivity contribution in [2.24, 2.45) is 17.8 Å². The molecule has 2 saturated carbocycles. The first-order valence-electron chi connectivity index (χ1n) is 12.3. The van der Waals surface area contributed by atoms with Crippen molar-refractivity contribution in [3.63, 3.8) is 0 Å². The summed E-state index contributed by atoms with van der Waals surface area (Å²) in [5, 5.41) is 3.01. The van der Waals surface area contributed by atoms with Gasteiger partial charge in [-0.05, 0) is 69.6 Å². The van der Waals surface area contributed by atoms with Gasteiger partial charge >= 0.3 is 0 Å². The van der Waals surface area contributed by atoms with Crippen LogP contribution in [-0.4, -0.2) is 66.9 Å². The number of nitrogens with two attached hydrogens (primary N) is 1. The van der Waals surface area contributed by atoms with E-state index >= 15 is 0 Å². The van der Waals surface area contributed by atoms with Gasteiger partial charge in [-0.3, -0.25) is 14.4 Å². The number of hydrogen-bond donors (Lipinski definition) is 2. The van der Waals surface area contributed by atoms with E-state index in [1.807, 2.05) is 16.7 Å². The summed E-state index contributed by atoms with van der Waals surface area (Å²) in [5.74, 6) is 1.61. The molecule has 0 spiro atoms. The number of nitrogens with one attached hydrogen (secondary N) is 1. The number of benzene rings is 1. The lowest BCUT2D eigenvalue weighted by Gasteiger charge is -2.38. The Kier molecular flexibility index (Phi) is 7.40. The molecule has 0 bridgehead atoms. The number of anilines is 1. The van der Waals surface area contributed by atoms with E-state index in [9.17, 15) is 14.4 Å². The SMILES string of the molecule is CCOc1ccc(N)c(C(=O)NCC2CCC(C(=O)N3CCN(C(=O)C4CC4)CC3)CC2)c1. The zero-order valence-electron chi connectivity index (χ0n) is 19.6. The number of amides is 3. The van der Waals surface area contributed by atoms with E-state index in [4.69, 9.17) is 10.5 Å². The molecule has 1 heterocycles. The number of carbonyl (C=O) groups excluding carboxylic acids is 3. The van der Waals surface area contributed by atoms with Crippen LogP contribution in [0.2, 0.25) is 0 Å². The van der Waals surface area contributed by atoms with Gasteiger partial charge in [0, 0.05) is 50.2 Å². The molecule has 180 valence electrons. The first kappa shape index (κ1) is 23.4. The number of nitrogen functional groups attached to an aromatic ring is 1. The molecule has 2 aliphatic carbocycles. The Labute approximate surface area is 195 Å². The molecule has 33 heavy (non-hydrogen) atoms. The van der Waals surface area contributed by atoms with E-state index in [0.29, 0.717) is 62.2 Å². The Morgan fingerprint density at radius 2 is 1.48 bits per heavy atom. The third-order valence-electron chi connectivity index (χ3n) is 7.16. The molecule has 3 N–H and O–H groups in total. The highest BCUT2D eigenvalue weighted by Gasteiger charge is 2.36. The highest BCUT2D eigenvalue weighted by Crippen LogP contribution is 2.32. The maximum atomic E-state index is 13.0. The first-order valence-corrected chi connectivity index (χ1v) is 12.3. The van der Waals surface area contributed by atoms with E-state index in [2.05, 4.69) is 5.32 Å². The number of nitrogens with zero attached hydrogens (tertiary/aromatic N) is 2. The maximum Gasteiger partial charge on any atom is 0.253 e. The number of ether oxygens (including phenoxy) is 1. The van der Waals surface area contributed by atoms with Gasteiger partial charge in [0.15, 0.2) is 0 Å². The van der Waals surface area contributed by atoms with Crippen LogP contribution in [0.5, 0.6) is 5.75 Å². The summed E-state index contributed by atoms with van der Waals surface area (Å²) in [6.07, 6.45) is 5.59. The van der Waals surface area contributed by atoms with Crippen LogP contribution in [0.1, 0.15) is 55.8 Å². The van der Waals surface area contributed by atoms with Gasteiger partial charge in [-0.2, -0.15) is 0 Å². The topological polar surface area (TPSA) is 105 Å². The fourth-order valence-electron chi connectivity index (χ4n) is 4.93. The van der Waals surface area contributed by atoms with Crippen LogP contribution >= 0.6 is 0 Å². The van der Waals surface area contributed by atoms with Crippen molar-refractivity contribution in [1.82, 2.24) is 15.1 Å². The van der Waals surface area contributed by atoms with Crippen molar-refractivity contribution in [2.45, 2.75) is 45.4 Å². The third-order valence-corrected chi connectivity index (χ3v) is 7.16. The fourth-order valence-corrected chi connectivity index (χ4v) is 4.93. The van der Waals surface area contributed by atoms with Crippen LogP contribution < -0.4 is 15.8 Å². The highest BCUT2D eigenvalue weighted by atomic mass is 16.5. The molecular formula is C25H36N4O4. The second-order valence-electron chi connectivity index (χ2n) is 9.53. The standard InChI is InChI=1S/C25H36N4O4/c1-2-33-20-9-10-22(26)21(15-20)23(30)27-16-17-3-5-18(6-4-17)24(31)28-11-13-29(14-12-28)25(32)19-7-8-19/h9-10,15,17-19H,2-8,11-14,16,26H2,1H3,(H,27,30). The van der Waals surface area contributed by atoms with Gasteiger partial charge < -0.3 is 25.6 Å². The molecule has 1 aromatic rings. The summed E-state index contributed by atoms with van der Waals surface area (Å²) in [6, 6.07) is 5.14. The van der Waals surface area contributed by atoms with Crippen molar-refractivity contribution in [3.05, 3.63) is 23.8 Å². The molecular weight excluding hydrogens is 420 g/mol. The zero-order valence-corrected chi connectivity index (χ0v) is 19.6. The van der Waals surface area contributed by atoms with Crippen LogP contribution in [0.15, 0.2) is 18.2 Å². The lowest BCUT2D eigenvalue weighted by atomic mass is 9.81. The molecule has 3 fully saturated rings.